The lowest BCUT2D eigenvalue weighted by atomic mass is 10.1. The lowest BCUT2D eigenvalue weighted by Crippen LogP contribution is -2.40. The topological polar surface area (TPSA) is 75.0 Å². The van der Waals surface area contributed by atoms with Crippen LogP contribution in [0.25, 0.3) is 11.3 Å². The highest BCUT2D eigenvalue weighted by molar-refractivity contribution is 6.31. The van der Waals surface area contributed by atoms with E-state index < -0.39 is 5.82 Å². The van der Waals surface area contributed by atoms with Crippen LogP contribution in [-0.4, -0.2) is 39.6 Å². The summed E-state index contributed by atoms with van der Waals surface area (Å²) in [7, 11) is 0. The van der Waals surface area contributed by atoms with E-state index in [-0.39, 0.29) is 23.0 Å². The monoisotopic (exact) mass is 322 g/mol. The van der Waals surface area contributed by atoms with Gasteiger partial charge in [0.25, 0.3) is 5.91 Å². The van der Waals surface area contributed by atoms with Gasteiger partial charge in [0, 0.05) is 24.2 Å². The fraction of sp³-hybridized carbons (Fsp3) is 0.333. The first kappa shape index (κ1) is 15.0. The number of hydrogen-bond donors (Lipinski definition) is 2. The molecule has 1 saturated heterocycles. The van der Waals surface area contributed by atoms with Gasteiger partial charge in [-0.3, -0.25) is 9.89 Å². The minimum absolute atomic E-state index is 0.00191. The third-order valence-corrected chi connectivity index (χ3v) is 4.44. The van der Waals surface area contributed by atoms with Gasteiger partial charge < -0.3 is 10.6 Å². The molecular formula is C15H16ClFN4O. The molecule has 0 spiro atoms. The van der Waals surface area contributed by atoms with Gasteiger partial charge >= 0.3 is 0 Å². The zero-order valence-electron chi connectivity index (χ0n) is 12.0. The van der Waals surface area contributed by atoms with E-state index in [9.17, 15) is 9.18 Å². The largest absolute Gasteiger partial charge is 0.334 e. The van der Waals surface area contributed by atoms with Crippen molar-refractivity contribution < 1.29 is 9.18 Å². The van der Waals surface area contributed by atoms with E-state index in [1.54, 1.807) is 11.0 Å². The Bertz CT molecular complexity index is 717. The Labute approximate surface area is 132 Å². The second-order valence-corrected chi connectivity index (χ2v) is 5.89. The first-order valence-electron chi connectivity index (χ1n) is 7.04. The molecule has 1 aliphatic rings. The molecule has 1 aromatic carbocycles. The molecule has 2 heterocycles. The second-order valence-electron chi connectivity index (χ2n) is 5.48. The fourth-order valence-corrected chi connectivity index (χ4v) is 2.91. The average Bonchev–Trinajstić information content (AvgIpc) is 3.10. The summed E-state index contributed by atoms with van der Waals surface area (Å²) < 4.78 is 13.3. The van der Waals surface area contributed by atoms with Crippen molar-refractivity contribution in [3.8, 4) is 11.3 Å². The molecular weight excluding hydrogens is 307 g/mol. The number of aromatic nitrogens is 2. The van der Waals surface area contributed by atoms with Crippen LogP contribution in [0.1, 0.15) is 23.7 Å². The molecule has 1 fully saturated rings. The van der Waals surface area contributed by atoms with Crippen molar-refractivity contribution in [2.75, 3.05) is 6.54 Å². The number of carbonyl (C=O) groups is 1. The average molecular weight is 323 g/mol. The Morgan fingerprint density at radius 2 is 2.32 bits per heavy atom. The Hall–Kier alpha value is -1.92. The number of likely N-dealkylation sites (tertiary alicyclic amines) is 1. The summed E-state index contributed by atoms with van der Waals surface area (Å²) >= 11 is 5.81. The summed E-state index contributed by atoms with van der Waals surface area (Å²) in [6, 6.07) is 4.26. The van der Waals surface area contributed by atoms with E-state index >= 15 is 0 Å². The summed E-state index contributed by atoms with van der Waals surface area (Å²) in [4.78, 5) is 14.5. The van der Waals surface area contributed by atoms with Crippen molar-refractivity contribution in [2.45, 2.75) is 25.4 Å². The van der Waals surface area contributed by atoms with Crippen LogP contribution in [0.4, 0.5) is 4.39 Å². The van der Waals surface area contributed by atoms with Crippen LogP contribution in [0, 0.1) is 5.82 Å². The normalized spacial score (nSPS) is 21.4. The summed E-state index contributed by atoms with van der Waals surface area (Å²) in [5.74, 6) is -0.637. The first-order chi connectivity index (χ1) is 10.5. The van der Waals surface area contributed by atoms with E-state index in [0.717, 1.165) is 6.42 Å². The highest BCUT2D eigenvalue weighted by atomic mass is 35.5. The molecule has 22 heavy (non-hydrogen) atoms. The van der Waals surface area contributed by atoms with Crippen LogP contribution in [0.3, 0.4) is 0 Å². The molecule has 0 unspecified atom stereocenters. The summed E-state index contributed by atoms with van der Waals surface area (Å²) in [5, 5.41) is 6.74. The van der Waals surface area contributed by atoms with Crippen LogP contribution >= 0.6 is 11.6 Å². The number of nitrogens with two attached hydrogens (primary N) is 1. The molecule has 2 aromatic rings. The predicted octanol–water partition coefficient (Wildman–Crippen LogP) is 2.43. The molecule has 0 saturated carbocycles. The number of halogens is 2. The maximum Gasteiger partial charge on any atom is 0.257 e. The number of aromatic amines is 1. The molecule has 0 aliphatic carbocycles. The number of carbonyl (C=O) groups excluding carboxylic acids is 1. The summed E-state index contributed by atoms with van der Waals surface area (Å²) in [5.41, 5.74) is 7.54. The fourth-order valence-electron chi connectivity index (χ4n) is 2.73. The van der Waals surface area contributed by atoms with Crippen LogP contribution in [0.15, 0.2) is 24.4 Å². The third-order valence-electron chi connectivity index (χ3n) is 4.15. The van der Waals surface area contributed by atoms with E-state index in [0.29, 0.717) is 23.4 Å². The van der Waals surface area contributed by atoms with Crippen LogP contribution in [-0.2, 0) is 0 Å². The van der Waals surface area contributed by atoms with Crippen molar-refractivity contribution >= 4 is 17.5 Å². The Morgan fingerprint density at radius 3 is 2.95 bits per heavy atom. The van der Waals surface area contributed by atoms with Crippen molar-refractivity contribution in [2.24, 2.45) is 5.73 Å². The van der Waals surface area contributed by atoms with Gasteiger partial charge in [0.15, 0.2) is 0 Å². The highest BCUT2D eigenvalue weighted by Crippen LogP contribution is 2.28. The molecule has 0 radical (unpaired) electrons. The van der Waals surface area contributed by atoms with E-state index in [4.69, 9.17) is 17.3 Å². The summed E-state index contributed by atoms with van der Waals surface area (Å²) in [6.07, 6.45) is 2.26. The van der Waals surface area contributed by atoms with Gasteiger partial charge in [0.05, 0.1) is 22.5 Å². The Balaban J connectivity index is 1.95. The number of nitrogens with zero attached hydrogens (tertiary/aromatic N) is 2. The molecule has 1 aliphatic heterocycles. The molecule has 116 valence electrons. The van der Waals surface area contributed by atoms with Crippen LogP contribution in [0.5, 0.6) is 0 Å². The Kier molecular flexibility index (Phi) is 3.88. The van der Waals surface area contributed by atoms with Gasteiger partial charge in [0.2, 0.25) is 0 Å². The van der Waals surface area contributed by atoms with Crippen LogP contribution in [0.2, 0.25) is 5.02 Å². The molecule has 1 aromatic heterocycles. The number of rotatable bonds is 2. The number of nitrogens with one attached hydrogen (secondary N) is 1. The Morgan fingerprint density at radius 1 is 1.55 bits per heavy atom. The molecule has 7 heteroatoms. The summed E-state index contributed by atoms with van der Waals surface area (Å²) in [6.45, 7) is 2.56. The van der Waals surface area contributed by atoms with Crippen molar-refractivity contribution in [1.29, 1.82) is 0 Å². The molecule has 0 bridgehead atoms. The van der Waals surface area contributed by atoms with E-state index in [1.165, 1.54) is 18.3 Å². The van der Waals surface area contributed by atoms with Gasteiger partial charge in [-0.15, -0.1) is 0 Å². The number of benzene rings is 1. The number of H-pyrrole nitrogens is 1. The van der Waals surface area contributed by atoms with E-state index in [1.807, 2.05) is 6.92 Å². The SMILES string of the molecule is C[C@H]1[C@@H](N)CCN1C(=O)c1cn[nH]c1-c1ccc(F)c(Cl)c1. The maximum atomic E-state index is 13.3. The minimum Gasteiger partial charge on any atom is -0.334 e. The van der Waals surface area contributed by atoms with Crippen molar-refractivity contribution in [3.05, 3.63) is 40.8 Å². The van der Waals surface area contributed by atoms with Crippen LogP contribution < -0.4 is 5.73 Å². The molecule has 5 nitrogen and oxygen atoms in total. The number of amides is 1. The van der Waals surface area contributed by atoms with Gasteiger partial charge in [0.1, 0.15) is 5.82 Å². The molecule has 2 atom stereocenters. The van der Waals surface area contributed by atoms with E-state index in [2.05, 4.69) is 10.2 Å². The molecule has 3 rings (SSSR count). The quantitative estimate of drug-likeness (QED) is 0.891. The lowest BCUT2D eigenvalue weighted by Gasteiger charge is -2.23. The third kappa shape index (κ3) is 2.48. The second kappa shape index (κ2) is 5.70. The van der Waals surface area contributed by atoms with Crippen molar-refractivity contribution in [3.63, 3.8) is 0 Å². The lowest BCUT2D eigenvalue weighted by molar-refractivity contribution is 0.0743. The highest BCUT2D eigenvalue weighted by Gasteiger charge is 2.33. The smallest absolute Gasteiger partial charge is 0.257 e. The zero-order chi connectivity index (χ0) is 15.9. The standard InChI is InChI=1S/C15H16ClFN4O/c1-8-13(18)4-5-21(8)15(22)10-7-19-20-14(10)9-2-3-12(17)11(16)6-9/h2-3,6-8,13H,4-5,18H2,1H3,(H,19,20)/t8-,13-/m0/s1. The van der Waals surface area contributed by atoms with Crippen molar-refractivity contribution in [1.82, 2.24) is 15.1 Å². The molecule has 1 amide bonds. The van der Waals surface area contributed by atoms with Gasteiger partial charge in [-0.25, -0.2) is 4.39 Å². The van der Waals surface area contributed by atoms with Gasteiger partial charge in [-0.2, -0.15) is 5.10 Å². The zero-order valence-corrected chi connectivity index (χ0v) is 12.8. The van der Waals surface area contributed by atoms with Gasteiger partial charge in [-0.05, 0) is 31.5 Å². The first-order valence-corrected chi connectivity index (χ1v) is 7.42. The number of hydrogen-bond acceptors (Lipinski definition) is 3. The minimum atomic E-state index is -0.503. The van der Waals surface area contributed by atoms with Gasteiger partial charge in [-0.1, -0.05) is 11.6 Å². The molecule has 3 N–H and O–H groups in total. The maximum absolute atomic E-state index is 13.3. The predicted molar refractivity (Wildman–Crippen MR) is 82.1 cm³/mol.